The molecule has 0 saturated heterocycles. The lowest BCUT2D eigenvalue weighted by atomic mass is 9.89. The van der Waals surface area contributed by atoms with E-state index in [0.717, 1.165) is 12.8 Å². The molecule has 0 atom stereocenters. The molecule has 0 radical (unpaired) electrons. The van der Waals surface area contributed by atoms with Crippen molar-refractivity contribution in [2.45, 2.75) is 37.5 Å². The largest absolute Gasteiger partial charge is 0.398 e. The van der Waals surface area contributed by atoms with Gasteiger partial charge in [0.15, 0.2) is 0 Å². The Morgan fingerprint density at radius 3 is 2.58 bits per heavy atom. The zero-order valence-corrected chi connectivity index (χ0v) is 12.5. The van der Waals surface area contributed by atoms with E-state index in [0.29, 0.717) is 12.2 Å². The highest BCUT2D eigenvalue weighted by atomic mass is 35.5. The van der Waals surface area contributed by atoms with E-state index in [1.54, 1.807) is 0 Å². The van der Waals surface area contributed by atoms with Gasteiger partial charge in [0.2, 0.25) is 10.0 Å². The Bertz CT molecular complexity index is 566. The van der Waals surface area contributed by atoms with Crippen molar-refractivity contribution in [2.24, 2.45) is 5.41 Å². The Kier molecular flexibility index (Phi) is 4.08. The maximum Gasteiger partial charge on any atom is 0.240 e. The Balaban J connectivity index is 2.11. The van der Waals surface area contributed by atoms with Gasteiger partial charge in [-0.2, -0.15) is 0 Å². The van der Waals surface area contributed by atoms with Crippen molar-refractivity contribution in [3.63, 3.8) is 0 Å². The summed E-state index contributed by atoms with van der Waals surface area (Å²) >= 11 is 5.86. The molecule has 1 aliphatic carbocycles. The van der Waals surface area contributed by atoms with Crippen LogP contribution in [0.4, 0.5) is 5.69 Å². The van der Waals surface area contributed by atoms with E-state index in [-0.39, 0.29) is 15.3 Å². The number of hydrogen-bond acceptors (Lipinski definition) is 3. The summed E-state index contributed by atoms with van der Waals surface area (Å²) in [7, 11) is -3.52. The van der Waals surface area contributed by atoms with Crippen LogP contribution >= 0.6 is 11.6 Å². The number of anilines is 1. The average Bonchev–Trinajstić information content (AvgIpc) is 2.78. The molecule has 0 spiro atoms. The van der Waals surface area contributed by atoms with Crippen LogP contribution in [-0.2, 0) is 10.0 Å². The molecule has 0 aromatic heterocycles. The molecule has 0 amide bonds. The van der Waals surface area contributed by atoms with Crippen molar-refractivity contribution in [1.82, 2.24) is 4.72 Å². The van der Waals surface area contributed by atoms with Gasteiger partial charge in [-0.1, -0.05) is 31.4 Å². The fraction of sp³-hybridized carbons (Fsp3) is 0.538. The summed E-state index contributed by atoms with van der Waals surface area (Å²) in [5, 5.41) is 0.259. The van der Waals surface area contributed by atoms with Crippen molar-refractivity contribution in [3.05, 3.63) is 23.2 Å². The third kappa shape index (κ3) is 3.41. The first-order valence-electron chi connectivity index (χ1n) is 6.37. The maximum absolute atomic E-state index is 12.2. The van der Waals surface area contributed by atoms with E-state index in [1.807, 2.05) is 0 Å². The first kappa shape index (κ1) is 14.6. The highest BCUT2D eigenvalue weighted by Crippen LogP contribution is 2.37. The smallest absolute Gasteiger partial charge is 0.240 e. The molecule has 0 heterocycles. The molecule has 1 aromatic carbocycles. The lowest BCUT2D eigenvalue weighted by Gasteiger charge is -2.23. The summed E-state index contributed by atoms with van der Waals surface area (Å²) in [4.78, 5) is 0.160. The first-order valence-corrected chi connectivity index (χ1v) is 8.23. The molecular weight excluding hydrogens is 284 g/mol. The third-order valence-corrected chi connectivity index (χ3v) is 5.51. The van der Waals surface area contributed by atoms with Gasteiger partial charge in [0, 0.05) is 6.54 Å². The summed E-state index contributed by atoms with van der Waals surface area (Å²) in [6.07, 6.45) is 4.48. The van der Waals surface area contributed by atoms with Crippen molar-refractivity contribution in [3.8, 4) is 0 Å². The summed E-state index contributed by atoms with van der Waals surface area (Å²) in [5.41, 5.74) is 6.03. The lowest BCUT2D eigenvalue weighted by Crippen LogP contribution is -2.34. The predicted molar refractivity (Wildman–Crippen MR) is 77.6 cm³/mol. The summed E-state index contributed by atoms with van der Waals surface area (Å²) in [5.74, 6) is 0. The van der Waals surface area contributed by atoms with Crippen LogP contribution in [0.5, 0.6) is 0 Å². The number of nitrogens with two attached hydrogens (primary N) is 1. The molecular formula is C13H19ClN2O2S. The number of benzene rings is 1. The monoisotopic (exact) mass is 302 g/mol. The molecule has 106 valence electrons. The summed E-state index contributed by atoms with van der Waals surface area (Å²) < 4.78 is 27.0. The van der Waals surface area contributed by atoms with Crippen molar-refractivity contribution >= 4 is 27.3 Å². The Morgan fingerprint density at radius 1 is 1.37 bits per heavy atom. The summed E-state index contributed by atoms with van der Waals surface area (Å²) in [6.45, 7) is 2.59. The molecule has 1 saturated carbocycles. The summed E-state index contributed by atoms with van der Waals surface area (Å²) in [6, 6.07) is 4.37. The average molecular weight is 303 g/mol. The molecule has 1 aromatic rings. The fourth-order valence-corrected chi connectivity index (χ4v) is 3.90. The van der Waals surface area contributed by atoms with Gasteiger partial charge >= 0.3 is 0 Å². The van der Waals surface area contributed by atoms with Crippen LogP contribution in [0.25, 0.3) is 0 Å². The van der Waals surface area contributed by atoms with Crippen LogP contribution < -0.4 is 10.5 Å². The normalized spacial score (nSPS) is 18.6. The van der Waals surface area contributed by atoms with E-state index in [4.69, 9.17) is 17.3 Å². The number of halogens is 1. The third-order valence-electron chi connectivity index (χ3n) is 3.78. The number of hydrogen-bond donors (Lipinski definition) is 2. The highest BCUT2D eigenvalue weighted by molar-refractivity contribution is 7.89. The van der Waals surface area contributed by atoms with Gasteiger partial charge in [-0.15, -0.1) is 0 Å². The van der Waals surface area contributed by atoms with E-state index in [2.05, 4.69) is 11.6 Å². The minimum atomic E-state index is -3.52. The number of rotatable bonds is 4. The van der Waals surface area contributed by atoms with Crippen LogP contribution in [0.3, 0.4) is 0 Å². The Labute approximate surface area is 119 Å². The molecule has 0 aliphatic heterocycles. The van der Waals surface area contributed by atoms with E-state index in [1.165, 1.54) is 31.0 Å². The van der Waals surface area contributed by atoms with Gasteiger partial charge in [0.1, 0.15) is 0 Å². The minimum absolute atomic E-state index is 0.0741. The zero-order chi connectivity index (χ0) is 14.1. The molecule has 19 heavy (non-hydrogen) atoms. The second-order valence-corrected chi connectivity index (χ2v) is 7.70. The quantitative estimate of drug-likeness (QED) is 0.840. The van der Waals surface area contributed by atoms with E-state index in [9.17, 15) is 8.42 Å². The molecule has 6 heteroatoms. The predicted octanol–water partition coefficient (Wildman–Crippen LogP) is 2.78. The second-order valence-electron chi connectivity index (χ2n) is 5.53. The van der Waals surface area contributed by atoms with E-state index < -0.39 is 10.0 Å². The van der Waals surface area contributed by atoms with Gasteiger partial charge in [-0.3, -0.25) is 0 Å². The standard InChI is InChI=1S/C13H19ClN2O2S/c1-13(6-2-3-7-13)9-16-19(17,18)10-4-5-12(15)11(14)8-10/h4-5,8,16H,2-3,6-7,9,15H2,1H3. The number of sulfonamides is 1. The van der Waals surface area contributed by atoms with E-state index >= 15 is 0 Å². The van der Waals surface area contributed by atoms with Crippen molar-refractivity contribution in [2.75, 3.05) is 12.3 Å². The number of nitrogen functional groups attached to an aromatic ring is 1. The van der Waals surface area contributed by atoms with Crippen LogP contribution in [0.15, 0.2) is 23.1 Å². The molecule has 1 fully saturated rings. The molecule has 4 nitrogen and oxygen atoms in total. The molecule has 0 unspecified atom stereocenters. The van der Waals surface area contributed by atoms with Crippen LogP contribution in [-0.4, -0.2) is 15.0 Å². The molecule has 0 bridgehead atoms. The SMILES string of the molecule is CC1(CNS(=O)(=O)c2ccc(N)c(Cl)c2)CCCC1. The topological polar surface area (TPSA) is 72.2 Å². The lowest BCUT2D eigenvalue weighted by molar-refractivity contribution is 0.336. The van der Waals surface area contributed by atoms with Gasteiger partial charge in [-0.25, -0.2) is 13.1 Å². The van der Waals surface area contributed by atoms with Gasteiger partial charge in [-0.05, 0) is 36.5 Å². The second kappa shape index (κ2) is 5.31. The first-order chi connectivity index (χ1) is 8.82. The van der Waals surface area contributed by atoms with Gasteiger partial charge in [0.25, 0.3) is 0 Å². The zero-order valence-electron chi connectivity index (χ0n) is 10.9. The molecule has 1 aliphatic rings. The van der Waals surface area contributed by atoms with Crippen LogP contribution in [0.1, 0.15) is 32.6 Å². The van der Waals surface area contributed by atoms with Crippen molar-refractivity contribution < 1.29 is 8.42 Å². The van der Waals surface area contributed by atoms with Gasteiger partial charge in [0.05, 0.1) is 15.6 Å². The van der Waals surface area contributed by atoms with Crippen LogP contribution in [0.2, 0.25) is 5.02 Å². The molecule has 3 N–H and O–H groups in total. The van der Waals surface area contributed by atoms with Gasteiger partial charge < -0.3 is 5.73 Å². The number of nitrogens with one attached hydrogen (secondary N) is 1. The highest BCUT2D eigenvalue weighted by Gasteiger charge is 2.30. The Hall–Kier alpha value is -0.780. The minimum Gasteiger partial charge on any atom is -0.398 e. The fourth-order valence-electron chi connectivity index (χ4n) is 2.43. The molecule has 2 rings (SSSR count). The van der Waals surface area contributed by atoms with Crippen LogP contribution in [0, 0.1) is 5.41 Å². The maximum atomic E-state index is 12.2. The Morgan fingerprint density at radius 2 is 2.00 bits per heavy atom. The van der Waals surface area contributed by atoms with Crippen molar-refractivity contribution in [1.29, 1.82) is 0 Å².